The molecule has 0 saturated heterocycles. The van der Waals surface area contributed by atoms with Crippen LogP contribution < -0.4 is 5.32 Å². The van der Waals surface area contributed by atoms with Gasteiger partial charge >= 0.3 is 6.03 Å². The van der Waals surface area contributed by atoms with Crippen molar-refractivity contribution in [1.82, 2.24) is 4.90 Å². The van der Waals surface area contributed by atoms with E-state index in [-0.39, 0.29) is 6.03 Å². The van der Waals surface area contributed by atoms with Crippen molar-refractivity contribution in [2.75, 3.05) is 25.6 Å². The maximum atomic E-state index is 12.2. The molecule has 1 unspecified atom stereocenters. The lowest BCUT2D eigenvalue weighted by atomic mass is 10.1. The van der Waals surface area contributed by atoms with E-state index in [1.165, 1.54) is 0 Å². The molecule has 5 nitrogen and oxygen atoms in total. The Labute approximate surface area is 119 Å². The average molecular weight is 278 g/mol. The number of benzene rings is 1. The second-order valence-electron chi connectivity index (χ2n) is 5.15. The van der Waals surface area contributed by atoms with E-state index in [1.807, 2.05) is 17.0 Å². The number of hydrogen-bond donors (Lipinski definition) is 2. The van der Waals surface area contributed by atoms with Crippen LogP contribution in [0.1, 0.15) is 31.4 Å². The molecule has 1 aromatic rings. The van der Waals surface area contributed by atoms with Gasteiger partial charge in [-0.3, -0.25) is 0 Å². The summed E-state index contributed by atoms with van der Waals surface area (Å²) in [6.45, 7) is 2.87. The summed E-state index contributed by atoms with van der Waals surface area (Å²) in [4.78, 5) is 14.1. The van der Waals surface area contributed by atoms with Gasteiger partial charge in [0.15, 0.2) is 0 Å². The van der Waals surface area contributed by atoms with Crippen LogP contribution in [0.3, 0.4) is 0 Å². The van der Waals surface area contributed by atoms with E-state index in [4.69, 9.17) is 4.74 Å². The molecule has 1 saturated carbocycles. The number of amides is 2. The van der Waals surface area contributed by atoms with E-state index in [2.05, 4.69) is 5.32 Å². The smallest absolute Gasteiger partial charge is 0.322 e. The Bertz CT molecular complexity index is 441. The third-order valence-electron chi connectivity index (χ3n) is 3.43. The van der Waals surface area contributed by atoms with E-state index in [0.717, 1.165) is 24.1 Å². The van der Waals surface area contributed by atoms with Crippen LogP contribution in [-0.4, -0.2) is 42.3 Å². The van der Waals surface area contributed by atoms with Gasteiger partial charge in [-0.1, -0.05) is 12.1 Å². The first-order valence-electron chi connectivity index (χ1n) is 6.96. The molecule has 1 fully saturated rings. The van der Waals surface area contributed by atoms with E-state index < -0.39 is 6.10 Å². The largest absolute Gasteiger partial charge is 0.389 e. The molecule has 1 aromatic carbocycles. The highest BCUT2D eigenvalue weighted by Crippen LogP contribution is 2.27. The number of aliphatic hydroxyl groups excluding tert-OH is 1. The SMILES string of the molecule is COCCN(C(=O)Nc1ccc(C(C)O)cc1)C1CC1. The predicted molar refractivity (Wildman–Crippen MR) is 77.7 cm³/mol. The quantitative estimate of drug-likeness (QED) is 0.840. The molecule has 5 heteroatoms. The standard InChI is InChI=1S/C15H22N2O3/c1-11(18)12-3-5-13(6-4-12)16-15(19)17(9-10-20-2)14-7-8-14/h3-6,11,14,18H,7-10H2,1-2H3,(H,16,19). The molecule has 2 N–H and O–H groups in total. The first-order valence-corrected chi connectivity index (χ1v) is 6.96. The molecule has 0 spiro atoms. The van der Waals surface area contributed by atoms with Crippen LogP contribution in [0, 0.1) is 0 Å². The van der Waals surface area contributed by atoms with Gasteiger partial charge in [0.25, 0.3) is 0 Å². The molecular weight excluding hydrogens is 256 g/mol. The summed E-state index contributed by atoms with van der Waals surface area (Å²) in [7, 11) is 1.64. The zero-order valence-electron chi connectivity index (χ0n) is 12.0. The molecule has 0 bridgehead atoms. The molecular formula is C15H22N2O3. The number of aliphatic hydroxyl groups is 1. The third-order valence-corrected chi connectivity index (χ3v) is 3.43. The minimum atomic E-state index is -0.496. The molecule has 1 aliphatic rings. The lowest BCUT2D eigenvalue weighted by molar-refractivity contribution is 0.152. The van der Waals surface area contributed by atoms with Crippen LogP contribution in [0.2, 0.25) is 0 Å². The Balaban J connectivity index is 1.94. The van der Waals surface area contributed by atoms with Crippen molar-refractivity contribution < 1.29 is 14.6 Å². The number of methoxy groups -OCH3 is 1. The fourth-order valence-electron chi connectivity index (χ4n) is 2.07. The highest BCUT2D eigenvalue weighted by Gasteiger charge is 2.32. The van der Waals surface area contributed by atoms with Gasteiger partial charge < -0.3 is 20.1 Å². The normalized spacial score (nSPS) is 15.8. The van der Waals surface area contributed by atoms with Crippen molar-refractivity contribution in [3.8, 4) is 0 Å². The van der Waals surface area contributed by atoms with Crippen LogP contribution in [-0.2, 0) is 4.74 Å². The van der Waals surface area contributed by atoms with Gasteiger partial charge in [-0.05, 0) is 37.5 Å². The number of rotatable bonds is 6. The summed E-state index contributed by atoms with van der Waals surface area (Å²) >= 11 is 0. The summed E-state index contributed by atoms with van der Waals surface area (Å²) in [6, 6.07) is 7.51. The Morgan fingerprint density at radius 3 is 2.60 bits per heavy atom. The number of nitrogens with one attached hydrogen (secondary N) is 1. The average Bonchev–Trinajstić information content (AvgIpc) is 3.24. The summed E-state index contributed by atoms with van der Waals surface area (Å²) in [5.74, 6) is 0. The molecule has 110 valence electrons. The molecule has 1 aliphatic carbocycles. The summed E-state index contributed by atoms with van der Waals surface area (Å²) in [5, 5.41) is 12.3. The Morgan fingerprint density at radius 1 is 1.45 bits per heavy atom. The molecule has 0 aromatic heterocycles. The molecule has 0 aliphatic heterocycles. The van der Waals surface area contributed by atoms with Crippen LogP contribution in [0.15, 0.2) is 24.3 Å². The lowest BCUT2D eigenvalue weighted by Crippen LogP contribution is -2.39. The number of anilines is 1. The number of hydrogen-bond acceptors (Lipinski definition) is 3. The van der Waals surface area contributed by atoms with Crippen molar-refractivity contribution in [3.05, 3.63) is 29.8 Å². The van der Waals surface area contributed by atoms with Crippen molar-refractivity contribution in [2.24, 2.45) is 0 Å². The van der Waals surface area contributed by atoms with Crippen molar-refractivity contribution in [3.63, 3.8) is 0 Å². The molecule has 2 rings (SSSR count). The van der Waals surface area contributed by atoms with E-state index >= 15 is 0 Å². The van der Waals surface area contributed by atoms with Crippen molar-refractivity contribution in [1.29, 1.82) is 0 Å². The van der Waals surface area contributed by atoms with Gasteiger partial charge in [0.1, 0.15) is 0 Å². The lowest BCUT2D eigenvalue weighted by Gasteiger charge is -2.22. The number of ether oxygens (including phenoxy) is 1. The van der Waals surface area contributed by atoms with Crippen LogP contribution in [0.4, 0.5) is 10.5 Å². The topological polar surface area (TPSA) is 61.8 Å². The Kier molecular flexibility index (Phi) is 4.98. The maximum absolute atomic E-state index is 12.2. The van der Waals surface area contributed by atoms with Crippen LogP contribution >= 0.6 is 0 Å². The van der Waals surface area contributed by atoms with Crippen LogP contribution in [0.5, 0.6) is 0 Å². The number of carbonyl (C=O) groups excluding carboxylic acids is 1. The van der Waals surface area contributed by atoms with Gasteiger partial charge in [0.2, 0.25) is 0 Å². The minimum Gasteiger partial charge on any atom is -0.389 e. The second kappa shape index (κ2) is 6.72. The molecule has 0 heterocycles. The summed E-state index contributed by atoms with van der Waals surface area (Å²) in [6.07, 6.45) is 1.64. The highest BCUT2D eigenvalue weighted by atomic mass is 16.5. The summed E-state index contributed by atoms with van der Waals surface area (Å²) < 4.78 is 5.04. The monoisotopic (exact) mass is 278 g/mol. The van der Waals surface area contributed by atoms with Gasteiger partial charge in [0.05, 0.1) is 12.7 Å². The fourth-order valence-corrected chi connectivity index (χ4v) is 2.07. The predicted octanol–water partition coefficient (Wildman–Crippen LogP) is 2.38. The molecule has 1 atom stereocenters. The Hall–Kier alpha value is -1.59. The van der Waals surface area contributed by atoms with Gasteiger partial charge in [-0.25, -0.2) is 4.79 Å². The number of urea groups is 1. The van der Waals surface area contributed by atoms with E-state index in [9.17, 15) is 9.90 Å². The fraction of sp³-hybridized carbons (Fsp3) is 0.533. The van der Waals surface area contributed by atoms with Gasteiger partial charge in [-0.2, -0.15) is 0 Å². The number of nitrogens with zero attached hydrogens (tertiary/aromatic N) is 1. The van der Waals surface area contributed by atoms with E-state index in [1.54, 1.807) is 26.2 Å². The first-order chi connectivity index (χ1) is 9.61. The first kappa shape index (κ1) is 14.8. The van der Waals surface area contributed by atoms with Gasteiger partial charge in [-0.15, -0.1) is 0 Å². The summed E-state index contributed by atoms with van der Waals surface area (Å²) in [5.41, 5.74) is 1.57. The molecule has 0 radical (unpaired) electrons. The molecule has 2 amide bonds. The zero-order valence-corrected chi connectivity index (χ0v) is 12.0. The second-order valence-corrected chi connectivity index (χ2v) is 5.15. The number of carbonyl (C=O) groups is 1. The molecule has 20 heavy (non-hydrogen) atoms. The van der Waals surface area contributed by atoms with Crippen molar-refractivity contribution >= 4 is 11.7 Å². The van der Waals surface area contributed by atoms with Crippen LogP contribution in [0.25, 0.3) is 0 Å². The third kappa shape index (κ3) is 3.95. The van der Waals surface area contributed by atoms with Crippen molar-refractivity contribution in [2.45, 2.75) is 31.9 Å². The van der Waals surface area contributed by atoms with E-state index in [0.29, 0.717) is 19.2 Å². The maximum Gasteiger partial charge on any atom is 0.322 e. The van der Waals surface area contributed by atoms with Gasteiger partial charge in [0, 0.05) is 25.4 Å². The minimum absolute atomic E-state index is 0.0886. The highest BCUT2D eigenvalue weighted by molar-refractivity contribution is 5.89. The zero-order chi connectivity index (χ0) is 14.5. The Morgan fingerprint density at radius 2 is 2.10 bits per heavy atom.